The van der Waals surface area contributed by atoms with Crippen molar-refractivity contribution < 1.29 is 41.1 Å². The first kappa shape index (κ1) is 27.7. The number of methoxy groups -OCH3 is 1. The number of hydrogen-bond donors (Lipinski definition) is 1. The van der Waals surface area contributed by atoms with Crippen LogP contribution in [-0.4, -0.2) is 48.6 Å². The summed E-state index contributed by atoms with van der Waals surface area (Å²) in [5.41, 5.74) is -0.873. The Balaban J connectivity index is 2.07. The molecule has 1 N–H and O–H groups in total. The number of amides is 1. The van der Waals surface area contributed by atoms with E-state index in [1.165, 1.54) is 13.3 Å². The van der Waals surface area contributed by atoms with E-state index in [9.17, 15) is 18.0 Å². The highest BCUT2D eigenvalue weighted by Gasteiger charge is 2.52. The summed E-state index contributed by atoms with van der Waals surface area (Å²) in [5, 5.41) is 2.61. The molecule has 0 spiro atoms. The molecule has 36 heavy (non-hydrogen) atoms. The number of hydrogen-bond acceptors (Lipinski definition) is 6. The zero-order chi connectivity index (χ0) is 27.2. The summed E-state index contributed by atoms with van der Waals surface area (Å²) in [7, 11) is 0.189. The summed E-state index contributed by atoms with van der Waals surface area (Å²) in [4.78, 5) is 17.3. The van der Waals surface area contributed by atoms with Gasteiger partial charge in [-0.05, 0) is 66.2 Å². The number of pyridine rings is 1. The minimum Gasteiger partial charge on any atom is -0.481 e. The molecule has 0 bridgehead atoms. The number of anilines is 1. The number of nitrogens with one attached hydrogen (secondary N) is 1. The number of carbonyl (C=O) groups excluding carboxylic acids is 1. The van der Waals surface area contributed by atoms with E-state index in [4.69, 9.17) is 18.8 Å². The maximum atomic E-state index is 15.3. The predicted octanol–water partition coefficient (Wildman–Crippen LogP) is 4.73. The lowest BCUT2D eigenvalue weighted by molar-refractivity contribution is -0.189. The molecule has 2 heterocycles. The van der Waals surface area contributed by atoms with Gasteiger partial charge >= 0.3 is 13.3 Å². The van der Waals surface area contributed by atoms with Crippen molar-refractivity contribution in [2.24, 2.45) is 0 Å². The monoisotopic (exact) mass is 512 g/mol. The molecule has 7 nitrogen and oxygen atoms in total. The fourth-order valence-electron chi connectivity index (χ4n) is 3.55. The number of aryl methyl sites for hydroxylation is 1. The Morgan fingerprint density at radius 1 is 1.14 bits per heavy atom. The minimum atomic E-state index is -4.72. The lowest BCUT2D eigenvalue weighted by Gasteiger charge is -2.32. The zero-order valence-electron chi connectivity index (χ0n) is 21.4. The molecule has 1 aromatic carbocycles. The van der Waals surface area contributed by atoms with Crippen molar-refractivity contribution in [1.82, 2.24) is 4.98 Å². The molecule has 1 aliphatic heterocycles. The summed E-state index contributed by atoms with van der Waals surface area (Å²) >= 11 is 0. The van der Waals surface area contributed by atoms with Crippen LogP contribution in [0.2, 0.25) is 0 Å². The molecule has 1 saturated heterocycles. The number of carbonyl (C=O) groups is 1. The first-order valence-electron chi connectivity index (χ1n) is 11.2. The van der Waals surface area contributed by atoms with Crippen molar-refractivity contribution in [2.75, 3.05) is 12.4 Å². The molecule has 1 aliphatic rings. The highest BCUT2D eigenvalue weighted by atomic mass is 19.4. The summed E-state index contributed by atoms with van der Waals surface area (Å²) in [6, 6.07) is 1.83. The van der Waals surface area contributed by atoms with Gasteiger partial charge in [0.25, 0.3) is 5.91 Å². The van der Waals surface area contributed by atoms with E-state index in [1.54, 1.807) is 41.5 Å². The number of rotatable bonds is 6. The summed E-state index contributed by atoms with van der Waals surface area (Å²) in [6.07, 6.45) is -5.53. The van der Waals surface area contributed by atoms with Gasteiger partial charge in [0.15, 0.2) is 6.10 Å². The highest BCUT2D eigenvalue weighted by Crippen LogP contribution is 2.37. The van der Waals surface area contributed by atoms with Crippen molar-refractivity contribution in [3.63, 3.8) is 0 Å². The fourth-order valence-corrected chi connectivity index (χ4v) is 3.55. The number of alkyl halides is 3. The molecule has 1 atom stereocenters. The van der Waals surface area contributed by atoms with E-state index in [1.807, 2.05) is 0 Å². The van der Waals surface area contributed by atoms with Crippen molar-refractivity contribution in [1.29, 1.82) is 0 Å². The average Bonchev–Trinajstić information content (AvgIpc) is 2.97. The van der Waals surface area contributed by atoms with E-state index in [0.717, 1.165) is 19.1 Å². The molecular formula is C24H29BF4N2O5. The van der Waals surface area contributed by atoms with Crippen LogP contribution in [0.15, 0.2) is 18.3 Å². The molecule has 0 unspecified atom stereocenters. The van der Waals surface area contributed by atoms with Crippen LogP contribution in [0.3, 0.4) is 0 Å². The van der Waals surface area contributed by atoms with Gasteiger partial charge in [0.1, 0.15) is 11.6 Å². The zero-order valence-corrected chi connectivity index (χ0v) is 21.4. The van der Waals surface area contributed by atoms with Gasteiger partial charge in [0.2, 0.25) is 5.88 Å². The molecular weight excluding hydrogens is 483 g/mol. The number of nitrogens with zero attached hydrogens (tertiary/aromatic N) is 1. The number of ether oxygens (including phenoxy) is 2. The third kappa shape index (κ3) is 5.29. The van der Waals surface area contributed by atoms with Crippen molar-refractivity contribution in [2.45, 2.75) is 71.9 Å². The molecule has 0 saturated carbocycles. The van der Waals surface area contributed by atoms with E-state index >= 15 is 4.39 Å². The molecule has 196 valence electrons. The normalized spacial score (nSPS) is 17.6. The standard InChI is InChI=1S/C24H29BF4N2O5/c1-12-11-30-21(33-8)13(2)19(12)31-20(32)15-9-17(26)16(10-18(15)34-14(3)24(27,28)29)25-35-22(4,5)23(6,7)36-25/h9-11,14H,1-8H3,(H,30,31,32)/t14-/m0/s1. The number of halogens is 4. The second-order valence-corrected chi connectivity index (χ2v) is 9.66. The topological polar surface area (TPSA) is 78.9 Å². The highest BCUT2D eigenvalue weighted by molar-refractivity contribution is 6.62. The van der Waals surface area contributed by atoms with Gasteiger partial charge in [-0.15, -0.1) is 0 Å². The molecule has 0 aliphatic carbocycles. The van der Waals surface area contributed by atoms with Gasteiger partial charge in [-0.2, -0.15) is 13.2 Å². The molecule has 1 fully saturated rings. The van der Waals surface area contributed by atoms with Crippen molar-refractivity contribution in [3.8, 4) is 11.6 Å². The Hall–Kier alpha value is -2.86. The van der Waals surface area contributed by atoms with Crippen LogP contribution in [-0.2, 0) is 9.31 Å². The Morgan fingerprint density at radius 3 is 2.25 bits per heavy atom. The van der Waals surface area contributed by atoms with E-state index < -0.39 is 53.6 Å². The van der Waals surface area contributed by atoms with Crippen LogP contribution in [0.4, 0.5) is 23.2 Å². The van der Waals surface area contributed by atoms with Gasteiger partial charge in [0, 0.05) is 17.2 Å². The summed E-state index contributed by atoms with van der Waals surface area (Å²) in [6.45, 7) is 11.1. The van der Waals surface area contributed by atoms with E-state index in [0.29, 0.717) is 16.8 Å². The number of benzene rings is 1. The van der Waals surface area contributed by atoms with E-state index in [-0.39, 0.29) is 11.3 Å². The first-order valence-corrected chi connectivity index (χ1v) is 11.2. The molecule has 1 aromatic heterocycles. The summed E-state index contributed by atoms with van der Waals surface area (Å²) in [5.74, 6) is -2.00. The van der Waals surface area contributed by atoms with Crippen molar-refractivity contribution >= 4 is 24.2 Å². The number of aromatic nitrogens is 1. The third-order valence-corrected chi connectivity index (χ3v) is 6.51. The minimum absolute atomic E-state index is 0.187. The predicted molar refractivity (Wildman–Crippen MR) is 126 cm³/mol. The molecule has 0 radical (unpaired) electrons. The maximum Gasteiger partial charge on any atom is 0.497 e. The van der Waals surface area contributed by atoms with Crippen LogP contribution >= 0.6 is 0 Å². The third-order valence-electron chi connectivity index (χ3n) is 6.51. The first-order chi connectivity index (χ1) is 16.5. The van der Waals surface area contributed by atoms with Crippen molar-refractivity contribution in [3.05, 3.63) is 40.8 Å². The van der Waals surface area contributed by atoms with Crippen LogP contribution in [0, 0.1) is 19.7 Å². The Bertz CT molecular complexity index is 1150. The second-order valence-electron chi connectivity index (χ2n) is 9.66. The summed E-state index contributed by atoms with van der Waals surface area (Å²) < 4.78 is 77.2. The largest absolute Gasteiger partial charge is 0.497 e. The molecule has 3 rings (SSSR count). The van der Waals surface area contributed by atoms with Gasteiger partial charge in [-0.3, -0.25) is 4.79 Å². The second kappa shape index (κ2) is 9.55. The molecule has 1 amide bonds. The van der Waals surface area contributed by atoms with Crippen LogP contribution in [0.1, 0.15) is 56.1 Å². The Labute approximate surface area is 207 Å². The molecule has 12 heteroatoms. The van der Waals surface area contributed by atoms with Gasteiger partial charge in [0.05, 0.1) is 29.6 Å². The lowest BCUT2D eigenvalue weighted by atomic mass is 9.78. The quantitative estimate of drug-likeness (QED) is 0.446. The van der Waals surface area contributed by atoms with Crippen LogP contribution < -0.4 is 20.3 Å². The SMILES string of the molecule is COc1ncc(C)c(NC(=O)c2cc(F)c(B3OC(C)(C)C(C)(C)O3)cc2O[C@@H](C)C(F)(F)F)c1C. The van der Waals surface area contributed by atoms with Gasteiger partial charge < -0.3 is 24.1 Å². The lowest BCUT2D eigenvalue weighted by Crippen LogP contribution is -2.41. The van der Waals surface area contributed by atoms with Gasteiger partial charge in [-0.25, -0.2) is 9.37 Å². The Kier molecular flexibility index (Phi) is 7.35. The Morgan fingerprint density at radius 2 is 1.72 bits per heavy atom. The maximum absolute atomic E-state index is 15.3. The smallest absolute Gasteiger partial charge is 0.481 e. The van der Waals surface area contributed by atoms with Gasteiger partial charge in [-0.1, -0.05) is 0 Å². The fraction of sp³-hybridized carbons (Fsp3) is 0.500. The van der Waals surface area contributed by atoms with Crippen LogP contribution in [0.25, 0.3) is 0 Å². The van der Waals surface area contributed by atoms with E-state index in [2.05, 4.69) is 10.3 Å². The average molecular weight is 512 g/mol. The molecule has 2 aromatic rings. The van der Waals surface area contributed by atoms with Crippen LogP contribution in [0.5, 0.6) is 11.6 Å².